The molecule has 1 rings (SSSR count). The minimum absolute atomic E-state index is 0.0810. The minimum atomic E-state index is -2.91. The fourth-order valence-electron chi connectivity index (χ4n) is 1.27. The number of furan rings is 1. The molecule has 0 bridgehead atoms. The van der Waals surface area contributed by atoms with Crippen molar-refractivity contribution in [2.45, 2.75) is 12.2 Å². The molecule has 0 spiro atoms. The van der Waals surface area contributed by atoms with E-state index in [1.807, 2.05) is 0 Å². The Morgan fingerprint density at radius 1 is 1.31 bits per heavy atom. The molecule has 7 heteroatoms. The molecule has 16 heavy (non-hydrogen) atoms. The van der Waals surface area contributed by atoms with Crippen molar-refractivity contribution in [3.63, 3.8) is 0 Å². The zero-order valence-electron chi connectivity index (χ0n) is 8.03. The van der Waals surface area contributed by atoms with Crippen molar-refractivity contribution in [3.8, 4) is 0 Å². The van der Waals surface area contributed by atoms with Crippen molar-refractivity contribution >= 4 is 11.9 Å². The van der Waals surface area contributed by atoms with E-state index in [1.165, 1.54) is 18.4 Å². The molecule has 0 aliphatic carbocycles. The van der Waals surface area contributed by atoms with Crippen LogP contribution in [0.25, 0.3) is 0 Å². The first-order valence-corrected chi connectivity index (χ1v) is 4.27. The first kappa shape index (κ1) is 12.2. The van der Waals surface area contributed by atoms with Gasteiger partial charge in [0.1, 0.15) is 5.76 Å². The predicted molar refractivity (Wildman–Crippen MR) is 48.3 cm³/mol. The van der Waals surface area contributed by atoms with Gasteiger partial charge in [0, 0.05) is 0 Å². The molecule has 1 aromatic rings. The van der Waals surface area contributed by atoms with E-state index < -0.39 is 30.1 Å². The third kappa shape index (κ3) is 2.59. The number of aliphatic hydroxyl groups is 2. The monoisotopic (exact) mass is 230 g/mol. The van der Waals surface area contributed by atoms with E-state index in [9.17, 15) is 19.8 Å². The third-order valence-electron chi connectivity index (χ3n) is 1.97. The summed E-state index contributed by atoms with van der Waals surface area (Å²) in [6.45, 7) is 0. The van der Waals surface area contributed by atoms with Gasteiger partial charge in [0.25, 0.3) is 0 Å². The maximum atomic E-state index is 10.6. The molecule has 1 aromatic heterocycles. The quantitative estimate of drug-likeness (QED) is 0.388. The van der Waals surface area contributed by atoms with E-state index >= 15 is 0 Å². The Labute approximate surface area is 89.6 Å². The summed E-state index contributed by atoms with van der Waals surface area (Å²) in [5.74, 6) is -8.82. The molecule has 7 nitrogen and oxygen atoms in total. The number of rotatable bonds is 5. The van der Waals surface area contributed by atoms with Gasteiger partial charge in [0.15, 0.2) is 5.79 Å². The van der Waals surface area contributed by atoms with E-state index in [4.69, 9.17) is 14.6 Å². The Balaban J connectivity index is 2.90. The van der Waals surface area contributed by atoms with Crippen LogP contribution in [0, 0.1) is 5.92 Å². The molecule has 0 unspecified atom stereocenters. The van der Waals surface area contributed by atoms with Crippen molar-refractivity contribution in [2.75, 3.05) is 0 Å². The highest BCUT2D eigenvalue weighted by atomic mass is 16.5. The van der Waals surface area contributed by atoms with Crippen LogP contribution in [-0.4, -0.2) is 38.2 Å². The summed E-state index contributed by atoms with van der Waals surface area (Å²) in [5, 5.41) is 36.0. The molecule has 0 saturated carbocycles. The largest absolute Gasteiger partial charge is 0.480 e. The molecule has 88 valence electrons. The maximum Gasteiger partial charge on any atom is 0.323 e. The molecule has 0 amide bonds. The molecule has 0 aliphatic rings. The fraction of sp³-hybridized carbons (Fsp3) is 0.333. The lowest BCUT2D eigenvalue weighted by molar-refractivity contribution is -0.216. The molecule has 1 heterocycles. The number of carboxylic acids is 2. The van der Waals surface area contributed by atoms with Gasteiger partial charge in [-0.05, 0) is 12.1 Å². The van der Waals surface area contributed by atoms with Gasteiger partial charge >= 0.3 is 11.9 Å². The van der Waals surface area contributed by atoms with Gasteiger partial charge in [-0.25, -0.2) is 0 Å². The van der Waals surface area contributed by atoms with Crippen LogP contribution in [0.5, 0.6) is 0 Å². The van der Waals surface area contributed by atoms with E-state index in [2.05, 4.69) is 0 Å². The first-order chi connectivity index (χ1) is 7.34. The summed E-state index contributed by atoms with van der Waals surface area (Å²) in [4.78, 5) is 21.2. The van der Waals surface area contributed by atoms with E-state index in [1.54, 1.807) is 0 Å². The Morgan fingerprint density at radius 2 is 1.88 bits per heavy atom. The SMILES string of the molecule is O=C(O)C(C(=O)O)C(O)(O)Cc1ccco1. The van der Waals surface area contributed by atoms with Gasteiger partial charge in [-0.3, -0.25) is 9.59 Å². The Bertz CT molecular complexity index is 365. The van der Waals surface area contributed by atoms with Crippen LogP contribution >= 0.6 is 0 Å². The Morgan fingerprint density at radius 3 is 2.25 bits per heavy atom. The first-order valence-electron chi connectivity index (χ1n) is 4.27. The Kier molecular flexibility index (Phi) is 3.31. The van der Waals surface area contributed by atoms with E-state index in [-0.39, 0.29) is 5.76 Å². The van der Waals surface area contributed by atoms with Crippen LogP contribution in [0.15, 0.2) is 22.8 Å². The normalized spacial score (nSPS) is 11.7. The second-order valence-corrected chi connectivity index (χ2v) is 3.24. The van der Waals surface area contributed by atoms with Crippen molar-refractivity contribution in [3.05, 3.63) is 24.2 Å². The van der Waals surface area contributed by atoms with Gasteiger partial charge < -0.3 is 24.8 Å². The lowest BCUT2D eigenvalue weighted by Crippen LogP contribution is -2.48. The summed E-state index contributed by atoms with van der Waals surface area (Å²) in [5.41, 5.74) is 0. The fourth-order valence-corrected chi connectivity index (χ4v) is 1.27. The van der Waals surface area contributed by atoms with Crippen LogP contribution in [0.2, 0.25) is 0 Å². The standard InChI is InChI=1S/C9H10O7/c10-7(11)6(8(12)13)9(14,15)4-5-2-1-3-16-5/h1-3,6,14-15H,4H2,(H,10,11)(H,12,13). The van der Waals surface area contributed by atoms with Crippen molar-refractivity contribution in [1.82, 2.24) is 0 Å². The molecule has 4 N–H and O–H groups in total. The van der Waals surface area contributed by atoms with E-state index in [0.29, 0.717) is 0 Å². The minimum Gasteiger partial charge on any atom is -0.480 e. The number of aliphatic carboxylic acids is 2. The molecule has 0 atom stereocenters. The number of hydrogen-bond acceptors (Lipinski definition) is 5. The van der Waals surface area contributed by atoms with Crippen molar-refractivity contribution in [2.24, 2.45) is 5.92 Å². The van der Waals surface area contributed by atoms with Crippen molar-refractivity contribution in [1.29, 1.82) is 0 Å². The predicted octanol–water partition coefficient (Wildman–Crippen LogP) is -0.712. The average molecular weight is 230 g/mol. The summed E-state index contributed by atoms with van der Waals surface area (Å²) >= 11 is 0. The van der Waals surface area contributed by atoms with Gasteiger partial charge in [0.2, 0.25) is 5.92 Å². The number of hydrogen-bond donors (Lipinski definition) is 4. The molecular weight excluding hydrogens is 220 g/mol. The Hall–Kier alpha value is -1.86. The van der Waals surface area contributed by atoms with Gasteiger partial charge in [-0.15, -0.1) is 0 Å². The lowest BCUT2D eigenvalue weighted by atomic mass is 9.95. The smallest absolute Gasteiger partial charge is 0.323 e. The second kappa shape index (κ2) is 4.33. The summed E-state index contributed by atoms with van der Waals surface area (Å²) in [6, 6.07) is 2.84. The second-order valence-electron chi connectivity index (χ2n) is 3.24. The molecule has 0 fully saturated rings. The maximum absolute atomic E-state index is 10.6. The van der Waals surface area contributed by atoms with Gasteiger partial charge in [-0.2, -0.15) is 0 Å². The van der Waals surface area contributed by atoms with Crippen LogP contribution in [0.4, 0.5) is 0 Å². The average Bonchev–Trinajstić information content (AvgIpc) is 2.52. The highest BCUT2D eigenvalue weighted by molar-refractivity contribution is 5.94. The topological polar surface area (TPSA) is 128 Å². The van der Waals surface area contributed by atoms with Crippen LogP contribution in [0.3, 0.4) is 0 Å². The van der Waals surface area contributed by atoms with Gasteiger partial charge in [-0.1, -0.05) is 0 Å². The van der Waals surface area contributed by atoms with Crippen molar-refractivity contribution < 1.29 is 34.4 Å². The van der Waals surface area contributed by atoms with Crippen LogP contribution < -0.4 is 0 Å². The molecular formula is C9H10O7. The van der Waals surface area contributed by atoms with Crippen LogP contribution in [0.1, 0.15) is 5.76 Å². The summed E-state index contributed by atoms with van der Waals surface area (Å²) < 4.78 is 4.77. The summed E-state index contributed by atoms with van der Waals surface area (Å²) in [6.07, 6.45) is 0.630. The highest BCUT2D eigenvalue weighted by Gasteiger charge is 2.46. The zero-order chi connectivity index (χ0) is 12.3. The summed E-state index contributed by atoms with van der Waals surface area (Å²) in [7, 11) is 0. The van der Waals surface area contributed by atoms with Gasteiger partial charge in [0.05, 0.1) is 12.7 Å². The van der Waals surface area contributed by atoms with E-state index in [0.717, 1.165) is 0 Å². The zero-order valence-corrected chi connectivity index (χ0v) is 8.03. The highest BCUT2D eigenvalue weighted by Crippen LogP contribution is 2.21. The van der Waals surface area contributed by atoms with Crippen LogP contribution in [-0.2, 0) is 16.0 Å². The molecule has 0 radical (unpaired) electrons. The third-order valence-corrected chi connectivity index (χ3v) is 1.97. The number of carboxylic acid groups (broad SMARTS) is 2. The molecule has 0 aromatic carbocycles. The lowest BCUT2D eigenvalue weighted by Gasteiger charge is -2.24. The number of carbonyl (C=O) groups is 2. The molecule has 0 saturated heterocycles. The molecule has 0 aliphatic heterocycles.